The van der Waals surface area contributed by atoms with Crippen LogP contribution in [0.3, 0.4) is 0 Å². The highest BCUT2D eigenvalue weighted by Gasteiger charge is 2.31. The number of hydrogen-bond acceptors (Lipinski definition) is 9. The molecular formula is C21H30N4O9S. The highest BCUT2D eigenvalue weighted by atomic mass is 32.1. The van der Waals surface area contributed by atoms with Crippen LogP contribution in [0.25, 0.3) is 0 Å². The van der Waals surface area contributed by atoms with Crippen LogP contribution in [0.1, 0.15) is 25.3 Å². The second kappa shape index (κ2) is 14.1. The number of aliphatic hydroxyl groups excluding tert-OH is 1. The van der Waals surface area contributed by atoms with Gasteiger partial charge in [-0.1, -0.05) is 12.1 Å². The number of aliphatic hydroxyl groups is 1. The summed E-state index contributed by atoms with van der Waals surface area (Å²) in [6.45, 7) is 1.26. The molecule has 1 aromatic rings. The van der Waals surface area contributed by atoms with E-state index in [9.17, 15) is 39.3 Å². The minimum Gasteiger partial charge on any atom is -0.508 e. The molecule has 1 aromatic carbocycles. The number of carboxylic acids is 2. The number of aliphatic carboxylic acids is 2. The van der Waals surface area contributed by atoms with Gasteiger partial charge in [0.25, 0.3) is 0 Å². The van der Waals surface area contributed by atoms with E-state index in [4.69, 9.17) is 10.8 Å². The molecule has 0 aliphatic rings. The molecule has 14 heteroatoms. The van der Waals surface area contributed by atoms with E-state index in [1.165, 1.54) is 31.2 Å². The molecule has 0 saturated heterocycles. The summed E-state index contributed by atoms with van der Waals surface area (Å²) in [6, 6.07) is 0.193. The molecule has 0 heterocycles. The normalized spacial score (nSPS) is 15.1. The Bertz CT molecular complexity index is 911. The zero-order valence-corrected chi connectivity index (χ0v) is 19.8. The van der Waals surface area contributed by atoms with Gasteiger partial charge in [0.05, 0.1) is 6.10 Å². The number of carbonyl (C=O) groups excluding carboxylic acids is 3. The van der Waals surface area contributed by atoms with Gasteiger partial charge in [0.2, 0.25) is 17.7 Å². The molecule has 0 fully saturated rings. The molecule has 0 aliphatic heterocycles. The summed E-state index contributed by atoms with van der Waals surface area (Å²) >= 11 is 3.88. The number of thiol groups is 1. The van der Waals surface area contributed by atoms with E-state index >= 15 is 0 Å². The fourth-order valence-electron chi connectivity index (χ4n) is 2.83. The van der Waals surface area contributed by atoms with Crippen molar-refractivity contribution in [2.24, 2.45) is 5.73 Å². The summed E-state index contributed by atoms with van der Waals surface area (Å²) in [7, 11) is 0. The van der Waals surface area contributed by atoms with Crippen molar-refractivity contribution in [1.82, 2.24) is 16.0 Å². The van der Waals surface area contributed by atoms with E-state index in [0.29, 0.717) is 5.56 Å². The number of nitrogens with one attached hydrogen (secondary N) is 3. The Morgan fingerprint density at radius 1 is 0.914 bits per heavy atom. The smallest absolute Gasteiger partial charge is 0.327 e. The van der Waals surface area contributed by atoms with E-state index < -0.39 is 66.4 Å². The van der Waals surface area contributed by atoms with Crippen LogP contribution in [-0.2, 0) is 30.4 Å². The minimum atomic E-state index is -1.42. The third kappa shape index (κ3) is 10.2. The summed E-state index contributed by atoms with van der Waals surface area (Å²) in [5.41, 5.74) is 6.07. The molecule has 1 rings (SSSR count). The maximum absolute atomic E-state index is 13.0. The molecule has 13 nitrogen and oxygen atoms in total. The van der Waals surface area contributed by atoms with Gasteiger partial charge in [0.1, 0.15) is 29.9 Å². The summed E-state index contributed by atoms with van der Waals surface area (Å²) < 4.78 is 0. The Hall–Kier alpha value is -3.36. The molecule has 0 bridgehead atoms. The van der Waals surface area contributed by atoms with E-state index in [-0.39, 0.29) is 24.3 Å². The van der Waals surface area contributed by atoms with Crippen molar-refractivity contribution < 1.29 is 44.4 Å². The molecule has 0 radical (unpaired) electrons. The van der Waals surface area contributed by atoms with Crippen LogP contribution >= 0.6 is 12.6 Å². The number of carbonyl (C=O) groups is 5. The van der Waals surface area contributed by atoms with E-state index in [0.717, 1.165) is 0 Å². The molecule has 35 heavy (non-hydrogen) atoms. The molecule has 194 valence electrons. The van der Waals surface area contributed by atoms with Crippen molar-refractivity contribution in [3.8, 4) is 5.75 Å². The third-order valence-electron chi connectivity index (χ3n) is 4.91. The van der Waals surface area contributed by atoms with Crippen LogP contribution in [0.4, 0.5) is 0 Å². The van der Waals surface area contributed by atoms with Crippen LogP contribution in [0.15, 0.2) is 24.3 Å². The number of amides is 3. The zero-order valence-electron chi connectivity index (χ0n) is 18.9. The van der Waals surface area contributed by atoms with E-state index in [1.54, 1.807) is 0 Å². The van der Waals surface area contributed by atoms with Gasteiger partial charge >= 0.3 is 11.9 Å². The number of nitrogens with two attached hydrogens (primary N) is 1. The Morgan fingerprint density at radius 3 is 1.91 bits per heavy atom. The van der Waals surface area contributed by atoms with Gasteiger partial charge in [0.15, 0.2) is 0 Å². The molecule has 0 saturated carbocycles. The Balaban J connectivity index is 3.15. The highest BCUT2D eigenvalue weighted by molar-refractivity contribution is 7.80. The Labute approximate surface area is 206 Å². The van der Waals surface area contributed by atoms with Crippen LogP contribution in [0, 0.1) is 0 Å². The maximum Gasteiger partial charge on any atom is 0.327 e. The average Bonchev–Trinajstić information content (AvgIpc) is 2.79. The SMILES string of the molecule is CC(O)C(N)C(=O)NC(CCC(=O)O)C(=O)NC(Cc1ccc(O)cc1)C(=O)NC(CS)C(=O)O. The van der Waals surface area contributed by atoms with Crippen LogP contribution in [0.5, 0.6) is 5.75 Å². The largest absolute Gasteiger partial charge is 0.508 e. The Morgan fingerprint density at radius 2 is 1.43 bits per heavy atom. The van der Waals surface area contributed by atoms with Gasteiger partial charge in [0, 0.05) is 18.6 Å². The Kier molecular flexibility index (Phi) is 12.0. The maximum atomic E-state index is 13.0. The lowest BCUT2D eigenvalue weighted by Gasteiger charge is -2.25. The molecule has 3 amide bonds. The fraction of sp³-hybridized carbons (Fsp3) is 0.476. The summed E-state index contributed by atoms with van der Waals surface area (Å²) in [6.07, 6.45) is -2.22. The second-order valence-corrected chi connectivity index (χ2v) is 8.14. The van der Waals surface area contributed by atoms with Crippen molar-refractivity contribution >= 4 is 42.3 Å². The molecule has 5 unspecified atom stereocenters. The highest BCUT2D eigenvalue weighted by Crippen LogP contribution is 2.12. The fourth-order valence-corrected chi connectivity index (χ4v) is 3.08. The first-order valence-corrected chi connectivity index (χ1v) is 11.2. The first-order chi connectivity index (χ1) is 16.3. The standard InChI is InChI=1S/C21H30N4O9S/c1-10(26)17(22)20(32)23-13(6-7-16(28)29)18(30)24-14(8-11-2-4-12(27)5-3-11)19(31)25-15(9-35)21(33)34/h2-5,10,13-15,17,26-27,35H,6-9,22H2,1H3,(H,23,32)(H,24,30)(H,25,31)(H,28,29)(H,33,34). The number of hydrogen-bond donors (Lipinski definition) is 9. The molecular weight excluding hydrogens is 484 g/mol. The van der Waals surface area contributed by atoms with Gasteiger partial charge in [-0.3, -0.25) is 19.2 Å². The topological polar surface area (TPSA) is 228 Å². The van der Waals surface area contributed by atoms with Gasteiger partial charge in [-0.05, 0) is 31.0 Å². The van der Waals surface area contributed by atoms with E-state index in [1.807, 2.05) is 0 Å². The lowest BCUT2D eigenvalue weighted by atomic mass is 10.0. The predicted octanol–water partition coefficient (Wildman–Crippen LogP) is -2.02. The lowest BCUT2D eigenvalue weighted by molar-refractivity contribution is -0.141. The quantitative estimate of drug-likeness (QED) is 0.124. The molecule has 0 spiro atoms. The van der Waals surface area contributed by atoms with Crippen LogP contribution < -0.4 is 21.7 Å². The van der Waals surface area contributed by atoms with Crippen LogP contribution in [-0.4, -0.2) is 86.1 Å². The summed E-state index contributed by atoms with van der Waals surface area (Å²) in [5, 5.41) is 44.1. The zero-order chi connectivity index (χ0) is 26.7. The number of phenolic OH excluding ortho intramolecular Hbond substituents is 1. The first-order valence-electron chi connectivity index (χ1n) is 10.5. The number of phenols is 1. The van der Waals surface area contributed by atoms with Gasteiger partial charge in [-0.25, -0.2) is 4.79 Å². The number of aromatic hydroxyl groups is 1. The van der Waals surface area contributed by atoms with Gasteiger partial charge < -0.3 is 42.1 Å². The average molecular weight is 515 g/mol. The monoisotopic (exact) mass is 514 g/mol. The summed E-state index contributed by atoms with van der Waals surface area (Å²) in [5.74, 6) is -5.55. The number of benzene rings is 1. The van der Waals surface area contributed by atoms with Crippen molar-refractivity contribution in [3.05, 3.63) is 29.8 Å². The van der Waals surface area contributed by atoms with E-state index in [2.05, 4.69) is 28.6 Å². The number of rotatable bonds is 14. The molecule has 0 aliphatic carbocycles. The van der Waals surface area contributed by atoms with Gasteiger partial charge in [-0.2, -0.15) is 12.6 Å². The molecule has 5 atom stereocenters. The van der Waals surface area contributed by atoms with Crippen molar-refractivity contribution in [1.29, 1.82) is 0 Å². The molecule has 0 aromatic heterocycles. The first kappa shape index (κ1) is 29.7. The molecule has 9 N–H and O–H groups in total. The second-order valence-electron chi connectivity index (χ2n) is 7.77. The number of carboxylic acid groups (broad SMARTS) is 2. The summed E-state index contributed by atoms with van der Waals surface area (Å²) in [4.78, 5) is 60.3. The van der Waals surface area contributed by atoms with Gasteiger partial charge in [-0.15, -0.1) is 0 Å². The third-order valence-corrected chi connectivity index (χ3v) is 5.27. The lowest BCUT2D eigenvalue weighted by Crippen LogP contribution is -2.58. The van der Waals surface area contributed by atoms with Crippen molar-refractivity contribution in [3.63, 3.8) is 0 Å². The van der Waals surface area contributed by atoms with Crippen molar-refractivity contribution in [2.45, 2.75) is 56.5 Å². The predicted molar refractivity (Wildman–Crippen MR) is 126 cm³/mol. The van der Waals surface area contributed by atoms with Crippen molar-refractivity contribution in [2.75, 3.05) is 5.75 Å². The van der Waals surface area contributed by atoms with Crippen LogP contribution in [0.2, 0.25) is 0 Å². The minimum absolute atomic E-state index is 0.0364.